The number of benzene rings is 1. The Labute approximate surface area is 125 Å². The van der Waals surface area contributed by atoms with Crippen LogP contribution in [0.5, 0.6) is 0 Å². The smallest absolute Gasteiger partial charge is 0.143 e. The molecule has 1 fully saturated rings. The van der Waals surface area contributed by atoms with Crippen molar-refractivity contribution in [1.82, 2.24) is 30.4 Å². The number of hydrogen-bond donors (Lipinski definition) is 1. The summed E-state index contributed by atoms with van der Waals surface area (Å²) in [4.78, 5) is 2.53. The molecule has 21 heavy (non-hydrogen) atoms. The lowest BCUT2D eigenvalue weighted by Crippen LogP contribution is -2.31. The van der Waals surface area contributed by atoms with Gasteiger partial charge in [-0.25, -0.2) is 4.68 Å². The van der Waals surface area contributed by atoms with E-state index >= 15 is 0 Å². The zero-order chi connectivity index (χ0) is 14.5. The van der Waals surface area contributed by atoms with Crippen molar-refractivity contribution in [1.29, 1.82) is 0 Å². The Morgan fingerprint density at radius 2 is 2.14 bits per heavy atom. The second-order valence-electron chi connectivity index (χ2n) is 5.57. The van der Waals surface area contributed by atoms with Crippen LogP contribution in [-0.2, 0) is 0 Å². The molecule has 1 atom stereocenters. The third kappa shape index (κ3) is 3.65. The SMILES string of the molecule is CC(NCCN1CCCC1)c1cccc(-n2cnnn2)c1. The Bertz CT molecular complexity index is 547. The Kier molecular flexibility index (Phi) is 4.57. The number of nitrogens with one attached hydrogen (secondary N) is 1. The molecule has 112 valence electrons. The van der Waals surface area contributed by atoms with E-state index in [4.69, 9.17) is 0 Å². The molecule has 1 unspecified atom stereocenters. The molecular formula is C15H22N6. The first-order valence-corrected chi connectivity index (χ1v) is 7.62. The van der Waals surface area contributed by atoms with E-state index in [-0.39, 0.29) is 0 Å². The molecule has 0 spiro atoms. The average molecular weight is 286 g/mol. The Morgan fingerprint density at radius 1 is 1.29 bits per heavy atom. The largest absolute Gasteiger partial charge is 0.309 e. The van der Waals surface area contributed by atoms with Crippen LogP contribution in [0.2, 0.25) is 0 Å². The highest BCUT2D eigenvalue weighted by atomic mass is 15.5. The van der Waals surface area contributed by atoms with Gasteiger partial charge < -0.3 is 10.2 Å². The molecule has 3 rings (SSSR count). The van der Waals surface area contributed by atoms with Gasteiger partial charge in [-0.2, -0.15) is 0 Å². The molecule has 0 aliphatic carbocycles. The quantitative estimate of drug-likeness (QED) is 0.870. The number of tetrazole rings is 1. The number of aromatic nitrogens is 4. The molecule has 6 nitrogen and oxygen atoms in total. The maximum atomic E-state index is 3.93. The van der Waals surface area contributed by atoms with Gasteiger partial charge in [0.2, 0.25) is 0 Å². The molecule has 1 aliphatic rings. The van der Waals surface area contributed by atoms with Gasteiger partial charge in [0.1, 0.15) is 6.33 Å². The highest BCUT2D eigenvalue weighted by molar-refractivity contribution is 5.35. The Morgan fingerprint density at radius 3 is 2.90 bits per heavy atom. The zero-order valence-electron chi connectivity index (χ0n) is 12.4. The van der Waals surface area contributed by atoms with Crippen molar-refractivity contribution in [3.8, 4) is 5.69 Å². The summed E-state index contributed by atoms with van der Waals surface area (Å²) in [6.45, 7) is 6.87. The fourth-order valence-electron chi connectivity index (χ4n) is 2.78. The van der Waals surface area contributed by atoms with E-state index in [1.165, 1.54) is 31.5 Å². The van der Waals surface area contributed by atoms with E-state index in [1.54, 1.807) is 11.0 Å². The fourth-order valence-corrected chi connectivity index (χ4v) is 2.78. The van der Waals surface area contributed by atoms with Crippen LogP contribution in [0.1, 0.15) is 31.4 Å². The predicted molar refractivity (Wildman–Crippen MR) is 81.2 cm³/mol. The van der Waals surface area contributed by atoms with Crippen LogP contribution < -0.4 is 5.32 Å². The van der Waals surface area contributed by atoms with Gasteiger partial charge in [0.15, 0.2) is 0 Å². The molecule has 1 saturated heterocycles. The Balaban J connectivity index is 1.56. The van der Waals surface area contributed by atoms with Gasteiger partial charge in [0.05, 0.1) is 5.69 Å². The van der Waals surface area contributed by atoms with E-state index < -0.39 is 0 Å². The molecule has 0 saturated carbocycles. The van der Waals surface area contributed by atoms with Crippen molar-refractivity contribution in [3.63, 3.8) is 0 Å². The number of likely N-dealkylation sites (tertiary alicyclic amines) is 1. The molecule has 2 aromatic rings. The van der Waals surface area contributed by atoms with Crippen LogP contribution >= 0.6 is 0 Å². The summed E-state index contributed by atoms with van der Waals surface area (Å²) in [7, 11) is 0. The molecule has 1 aromatic carbocycles. The molecule has 0 bridgehead atoms. The molecule has 0 radical (unpaired) electrons. The minimum absolute atomic E-state index is 0.323. The van der Waals surface area contributed by atoms with E-state index in [0.29, 0.717) is 6.04 Å². The summed E-state index contributed by atoms with van der Waals surface area (Å²) in [6.07, 6.45) is 4.32. The van der Waals surface area contributed by atoms with Crippen LogP contribution in [0.4, 0.5) is 0 Å². The summed E-state index contributed by atoms with van der Waals surface area (Å²) >= 11 is 0. The van der Waals surface area contributed by atoms with Gasteiger partial charge in [0, 0.05) is 19.1 Å². The van der Waals surface area contributed by atoms with Crippen LogP contribution in [-0.4, -0.2) is 51.3 Å². The zero-order valence-corrected chi connectivity index (χ0v) is 12.4. The van der Waals surface area contributed by atoms with Crippen LogP contribution in [0, 0.1) is 0 Å². The molecule has 1 aromatic heterocycles. The molecular weight excluding hydrogens is 264 g/mol. The van der Waals surface area contributed by atoms with Gasteiger partial charge in [-0.15, -0.1) is 5.10 Å². The summed E-state index contributed by atoms with van der Waals surface area (Å²) in [6, 6.07) is 8.65. The first kappa shape index (κ1) is 14.2. The summed E-state index contributed by atoms with van der Waals surface area (Å²) < 4.78 is 1.68. The molecule has 2 heterocycles. The predicted octanol–water partition coefficient (Wildman–Crippen LogP) is 1.41. The molecule has 6 heteroatoms. The van der Waals surface area contributed by atoms with Crippen LogP contribution in [0.3, 0.4) is 0 Å². The minimum atomic E-state index is 0.323. The maximum Gasteiger partial charge on any atom is 0.143 e. The van der Waals surface area contributed by atoms with E-state index in [2.05, 4.69) is 44.8 Å². The maximum absolute atomic E-state index is 3.93. The van der Waals surface area contributed by atoms with Gasteiger partial charge in [-0.1, -0.05) is 12.1 Å². The third-order valence-electron chi connectivity index (χ3n) is 4.06. The summed E-state index contributed by atoms with van der Waals surface area (Å²) in [5.41, 5.74) is 2.25. The number of rotatable bonds is 6. The van der Waals surface area contributed by atoms with Crippen molar-refractivity contribution in [2.45, 2.75) is 25.8 Å². The normalized spacial score (nSPS) is 17.2. The summed E-state index contributed by atoms with van der Waals surface area (Å²) in [5, 5.41) is 14.9. The first-order chi connectivity index (χ1) is 10.3. The molecule has 0 amide bonds. The average Bonchev–Trinajstić information content (AvgIpc) is 3.21. The lowest BCUT2D eigenvalue weighted by Gasteiger charge is -2.19. The molecule has 1 N–H and O–H groups in total. The number of nitrogens with zero attached hydrogens (tertiary/aromatic N) is 5. The molecule has 1 aliphatic heterocycles. The number of hydrogen-bond acceptors (Lipinski definition) is 5. The van der Waals surface area contributed by atoms with Gasteiger partial charge in [0.25, 0.3) is 0 Å². The van der Waals surface area contributed by atoms with Crippen molar-refractivity contribution in [2.75, 3.05) is 26.2 Å². The monoisotopic (exact) mass is 286 g/mol. The van der Waals surface area contributed by atoms with Gasteiger partial charge >= 0.3 is 0 Å². The van der Waals surface area contributed by atoms with Crippen LogP contribution in [0.25, 0.3) is 5.69 Å². The van der Waals surface area contributed by atoms with E-state index in [9.17, 15) is 0 Å². The first-order valence-electron chi connectivity index (χ1n) is 7.62. The van der Waals surface area contributed by atoms with Crippen molar-refractivity contribution in [3.05, 3.63) is 36.2 Å². The second kappa shape index (κ2) is 6.78. The topological polar surface area (TPSA) is 58.9 Å². The van der Waals surface area contributed by atoms with Crippen molar-refractivity contribution in [2.24, 2.45) is 0 Å². The standard InChI is InChI=1S/C15H22N6/c1-13(16-7-10-20-8-2-3-9-20)14-5-4-6-15(11-14)21-12-17-18-19-21/h4-6,11-13,16H,2-3,7-10H2,1H3. The highest BCUT2D eigenvalue weighted by Crippen LogP contribution is 2.16. The lowest BCUT2D eigenvalue weighted by molar-refractivity contribution is 0.330. The lowest BCUT2D eigenvalue weighted by atomic mass is 10.1. The van der Waals surface area contributed by atoms with Gasteiger partial charge in [-0.05, 0) is 61.0 Å². The van der Waals surface area contributed by atoms with Crippen LogP contribution in [0.15, 0.2) is 30.6 Å². The fraction of sp³-hybridized carbons (Fsp3) is 0.533. The second-order valence-corrected chi connectivity index (χ2v) is 5.57. The van der Waals surface area contributed by atoms with E-state index in [0.717, 1.165) is 18.8 Å². The van der Waals surface area contributed by atoms with Crippen molar-refractivity contribution >= 4 is 0 Å². The minimum Gasteiger partial charge on any atom is -0.309 e. The Hall–Kier alpha value is -1.79. The van der Waals surface area contributed by atoms with Crippen molar-refractivity contribution < 1.29 is 0 Å². The van der Waals surface area contributed by atoms with E-state index in [1.807, 2.05) is 12.1 Å². The third-order valence-corrected chi connectivity index (χ3v) is 4.06. The highest BCUT2D eigenvalue weighted by Gasteiger charge is 2.12. The van der Waals surface area contributed by atoms with Gasteiger partial charge in [-0.3, -0.25) is 0 Å². The summed E-state index contributed by atoms with van der Waals surface area (Å²) in [5.74, 6) is 0.